The van der Waals surface area contributed by atoms with Crippen molar-refractivity contribution in [2.45, 2.75) is 13.5 Å². The molecule has 0 bridgehead atoms. The van der Waals surface area contributed by atoms with Gasteiger partial charge in [-0.15, -0.1) is 0 Å². The van der Waals surface area contributed by atoms with Crippen LogP contribution < -0.4 is 19.6 Å². The first-order valence-electron chi connectivity index (χ1n) is 9.60. The zero-order chi connectivity index (χ0) is 22.1. The number of hydrogen-bond acceptors (Lipinski definition) is 5. The van der Waals surface area contributed by atoms with Gasteiger partial charge in [0.1, 0.15) is 12.4 Å². The minimum Gasteiger partial charge on any atom is -0.493 e. The summed E-state index contributed by atoms with van der Waals surface area (Å²) in [6, 6.07) is 20.3. The van der Waals surface area contributed by atoms with Gasteiger partial charge in [-0.05, 0) is 66.1 Å². The van der Waals surface area contributed by atoms with Gasteiger partial charge in [0.15, 0.2) is 18.1 Å². The van der Waals surface area contributed by atoms with E-state index in [0.717, 1.165) is 16.7 Å². The lowest BCUT2D eigenvalue weighted by atomic mass is 10.2. The third-order valence-corrected chi connectivity index (χ3v) is 4.51. The highest BCUT2D eigenvalue weighted by Crippen LogP contribution is 2.28. The maximum Gasteiger partial charge on any atom is 0.277 e. The van der Waals surface area contributed by atoms with Crippen LogP contribution in [0.4, 0.5) is 0 Å². The number of halogens is 1. The van der Waals surface area contributed by atoms with E-state index in [0.29, 0.717) is 28.9 Å². The summed E-state index contributed by atoms with van der Waals surface area (Å²) in [6.07, 6.45) is 1.52. The number of rotatable bonds is 9. The molecule has 0 saturated heterocycles. The van der Waals surface area contributed by atoms with Gasteiger partial charge in [0, 0.05) is 5.02 Å². The number of hydrazone groups is 1. The van der Waals surface area contributed by atoms with Gasteiger partial charge in [-0.25, -0.2) is 5.43 Å². The van der Waals surface area contributed by atoms with Gasteiger partial charge >= 0.3 is 0 Å². The molecule has 1 amide bonds. The van der Waals surface area contributed by atoms with E-state index in [1.807, 2.05) is 55.5 Å². The van der Waals surface area contributed by atoms with Crippen LogP contribution in [0.1, 0.15) is 16.7 Å². The summed E-state index contributed by atoms with van der Waals surface area (Å²) in [5.41, 5.74) is 5.24. The molecule has 6 nitrogen and oxygen atoms in total. The fourth-order valence-electron chi connectivity index (χ4n) is 2.69. The normalized spacial score (nSPS) is 10.7. The summed E-state index contributed by atoms with van der Waals surface area (Å²) in [5, 5.41) is 4.64. The molecule has 0 atom stereocenters. The Morgan fingerprint density at radius 2 is 1.84 bits per heavy atom. The number of methoxy groups -OCH3 is 1. The molecule has 0 unspecified atom stereocenters. The molecule has 0 heterocycles. The molecule has 0 radical (unpaired) electrons. The molecule has 0 aliphatic rings. The molecule has 3 rings (SSSR count). The highest BCUT2D eigenvalue weighted by atomic mass is 35.5. The maximum absolute atomic E-state index is 11.9. The Hall–Kier alpha value is -3.51. The molecule has 0 aliphatic carbocycles. The Morgan fingerprint density at radius 3 is 2.58 bits per heavy atom. The summed E-state index contributed by atoms with van der Waals surface area (Å²) in [6.45, 7) is 2.22. The van der Waals surface area contributed by atoms with Gasteiger partial charge in [-0.2, -0.15) is 5.10 Å². The number of nitrogens with one attached hydrogen (secondary N) is 1. The van der Waals surface area contributed by atoms with Crippen molar-refractivity contribution in [1.29, 1.82) is 0 Å². The third kappa shape index (κ3) is 7.04. The van der Waals surface area contributed by atoms with Crippen molar-refractivity contribution < 1.29 is 19.0 Å². The van der Waals surface area contributed by atoms with Gasteiger partial charge in [0.2, 0.25) is 0 Å². The highest BCUT2D eigenvalue weighted by Gasteiger charge is 2.06. The Kier molecular flexibility index (Phi) is 7.90. The molecule has 1 N–H and O–H groups in total. The van der Waals surface area contributed by atoms with Crippen LogP contribution in [0.25, 0.3) is 0 Å². The molecule has 7 heteroatoms. The summed E-state index contributed by atoms with van der Waals surface area (Å²) in [4.78, 5) is 11.9. The molecule has 3 aromatic carbocycles. The van der Waals surface area contributed by atoms with Crippen LogP contribution in [0.2, 0.25) is 5.02 Å². The number of hydrogen-bond donors (Lipinski definition) is 1. The maximum atomic E-state index is 11.9. The van der Waals surface area contributed by atoms with Gasteiger partial charge in [-0.3, -0.25) is 4.79 Å². The van der Waals surface area contributed by atoms with Crippen LogP contribution in [0, 0.1) is 6.92 Å². The Balaban J connectivity index is 1.51. The standard InChI is InChI=1S/C24H23ClN2O4/c1-17-4-3-5-21(12-17)30-16-24(28)27-26-14-19-8-11-22(23(13-19)29-2)31-15-18-6-9-20(25)10-7-18/h3-14H,15-16H2,1-2H3,(H,27,28). The first-order valence-corrected chi connectivity index (χ1v) is 9.98. The van der Waals surface area contributed by atoms with Gasteiger partial charge in [0.25, 0.3) is 5.91 Å². The van der Waals surface area contributed by atoms with Crippen LogP contribution >= 0.6 is 11.6 Å². The van der Waals surface area contributed by atoms with E-state index in [9.17, 15) is 4.79 Å². The average Bonchev–Trinajstić information content (AvgIpc) is 2.78. The summed E-state index contributed by atoms with van der Waals surface area (Å²) < 4.78 is 16.7. The first-order chi connectivity index (χ1) is 15.0. The van der Waals surface area contributed by atoms with Gasteiger partial charge in [-0.1, -0.05) is 35.9 Å². The van der Waals surface area contributed by atoms with Crippen LogP contribution in [-0.2, 0) is 11.4 Å². The van der Waals surface area contributed by atoms with Crippen molar-refractivity contribution in [2.75, 3.05) is 13.7 Å². The van der Waals surface area contributed by atoms with Crippen molar-refractivity contribution in [3.8, 4) is 17.2 Å². The predicted molar refractivity (Wildman–Crippen MR) is 121 cm³/mol. The number of carbonyl (C=O) groups is 1. The van der Waals surface area contributed by atoms with Crippen molar-refractivity contribution >= 4 is 23.7 Å². The number of ether oxygens (including phenoxy) is 3. The highest BCUT2D eigenvalue weighted by molar-refractivity contribution is 6.30. The summed E-state index contributed by atoms with van der Waals surface area (Å²) >= 11 is 5.90. The van der Waals surface area contributed by atoms with Crippen molar-refractivity contribution in [1.82, 2.24) is 5.43 Å². The predicted octanol–water partition coefficient (Wildman–Crippen LogP) is 4.77. The van der Waals surface area contributed by atoms with Crippen LogP contribution in [-0.4, -0.2) is 25.8 Å². The number of benzene rings is 3. The SMILES string of the molecule is COc1cc(C=NNC(=O)COc2cccc(C)c2)ccc1OCc1ccc(Cl)cc1. The molecule has 160 valence electrons. The fourth-order valence-corrected chi connectivity index (χ4v) is 2.82. The Bertz CT molecular complexity index is 1050. The number of carbonyl (C=O) groups excluding carboxylic acids is 1. The van der Waals surface area contributed by atoms with E-state index >= 15 is 0 Å². The van der Waals surface area contributed by atoms with Crippen molar-refractivity contribution in [3.05, 3.63) is 88.4 Å². The number of nitrogens with zero attached hydrogens (tertiary/aromatic N) is 1. The molecule has 3 aromatic rings. The van der Waals surface area contributed by atoms with E-state index in [2.05, 4.69) is 10.5 Å². The second-order valence-electron chi connectivity index (χ2n) is 6.72. The Labute approximate surface area is 186 Å². The third-order valence-electron chi connectivity index (χ3n) is 4.26. The largest absolute Gasteiger partial charge is 0.493 e. The average molecular weight is 439 g/mol. The fraction of sp³-hybridized carbons (Fsp3) is 0.167. The topological polar surface area (TPSA) is 69.2 Å². The lowest BCUT2D eigenvalue weighted by Gasteiger charge is -2.11. The van der Waals surface area contributed by atoms with Gasteiger partial charge in [0.05, 0.1) is 13.3 Å². The van der Waals surface area contributed by atoms with E-state index < -0.39 is 0 Å². The van der Waals surface area contributed by atoms with E-state index in [1.165, 1.54) is 6.21 Å². The molecule has 0 spiro atoms. The second kappa shape index (κ2) is 11.0. The van der Waals surface area contributed by atoms with E-state index in [4.69, 9.17) is 25.8 Å². The minimum atomic E-state index is -0.354. The van der Waals surface area contributed by atoms with Crippen LogP contribution in [0.5, 0.6) is 17.2 Å². The van der Waals surface area contributed by atoms with Crippen LogP contribution in [0.15, 0.2) is 71.8 Å². The summed E-state index contributed by atoms with van der Waals surface area (Å²) in [5.74, 6) is 1.45. The lowest BCUT2D eigenvalue weighted by molar-refractivity contribution is -0.123. The molecule has 31 heavy (non-hydrogen) atoms. The van der Waals surface area contributed by atoms with E-state index in [1.54, 1.807) is 25.3 Å². The zero-order valence-corrected chi connectivity index (χ0v) is 18.1. The molecular weight excluding hydrogens is 416 g/mol. The second-order valence-corrected chi connectivity index (χ2v) is 7.16. The zero-order valence-electron chi connectivity index (χ0n) is 17.3. The Morgan fingerprint density at radius 1 is 1.03 bits per heavy atom. The molecule has 0 fully saturated rings. The van der Waals surface area contributed by atoms with Crippen molar-refractivity contribution in [2.24, 2.45) is 5.10 Å². The number of amides is 1. The molecule has 0 aromatic heterocycles. The molecule has 0 saturated carbocycles. The van der Waals surface area contributed by atoms with Crippen LogP contribution in [0.3, 0.4) is 0 Å². The lowest BCUT2D eigenvalue weighted by Crippen LogP contribution is -2.24. The quantitative estimate of drug-likeness (QED) is 0.386. The first kappa shape index (κ1) is 22.2. The number of aryl methyl sites for hydroxylation is 1. The smallest absolute Gasteiger partial charge is 0.277 e. The minimum absolute atomic E-state index is 0.123. The summed E-state index contributed by atoms with van der Waals surface area (Å²) in [7, 11) is 1.57. The van der Waals surface area contributed by atoms with Gasteiger partial charge < -0.3 is 14.2 Å². The van der Waals surface area contributed by atoms with E-state index in [-0.39, 0.29) is 12.5 Å². The van der Waals surface area contributed by atoms with Crippen molar-refractivity contribution in [3.63, 3.8) is 0 Å². The molecular formula is C24H23ClN2O4. The monoisotopic (exact) mass is 438 g/mol. The molecule has 0 aliphatic heterocycles.